The fourth-order valence-corrected chi connectivity index (χ4v) is 3.41. The molecule has 18 heavy (non-hydrogen) atoms. The average molecular weight is 254 g/mol. The molecule has 3 heteroatoms. The van der Waals surface area contributed by atoms with E-state index in [9.17, 15) is 0 Å². The van der Waals surface area contributed by atoms with Crippen LogP contribution in [0.3, 0.4) is 0 Å². The lowest BCUT2D eigenvalue weighted by atomic mass is 9.90. The molecule has 0 radical (unpaired) electrons. The maximum Gasteiger partial charge on any atom is 0.0613 e. The van der Waals surface area contributed by atoms with Gasteiger partial charge in [0.05, 0.1) is 6.10 Å². The Morgan fingerprint density at radius 1 is 1.28 bits per heavy atom. The lowest BCUT2D eigenvalue weighted by Gasteiger charge is -2.33. The number of piperidine rings is 1. The predicted molar refractivity (Wildman–Crippen MR) is 75.8 cm³/mol. The standard InChI is InChI=1S/C15H30N2O/c1-4-15-14(7-10-18-15)11-16-12(2)13-5-8-17(3)9-6-13/h12-16H,4-11H2,1-3H3. The first-order valence-electron chi connectivity index (χ1n) is 7.74. The molecule has 2 aliphatic heterocycles. The van der Waals surface area contributed by atoms with Crippen LogP contribution in [-0.2, 0) is 4.74 Å². The monoisotopic (exact) mass is 254 g/mol. The van der Waals surface area contributed by atoms with Gasteiger partial charge in [-0.1, -0.05) is 6.92 Å². The number of likely N-dealkylation sites (tertiary alicyclic amines) is 1. The normalized spacial score (nSPS) is 32.8. The second-order valence-corrected chi connectivity index (χ2v) is 6.20. The van der Waals surface area contributed by atoms with Crippen molar-refractivity contribution in [3.05, 3.63) is 0 Å². The van der Waals surface area contributed by atoms with Crippen molar-refractivity contribution < 1.29 is 4.74 Å². The van der Waals surface area contributed by atoms with Gasteiger partial charge in [0.2, 0.25) is 0 Å². The molecule has 0 bridgehead atoms. The number of nitrogens with one attached hydrogen (secondary N) is 1. The van der Waals surface area contributed by atoms with Crippen molar-refractivity contribution in [1.82, 2.24) is 10.2 Å². The van der Waals surface area contributed by atoms with E-state index in [0.717, 1.165) is 31.4 Å². The Kier molecular flexibility index (Phi) is 5.46. The zero-order valence-corrected chi connectivity index (χ0v) is 12.3. The van der Waals surface area contributed by atoms with Gasteiger partial charge >= 0.3 is 0 Å². The fourth-order valence-electron chi connectivity index (χ4n) is 3.41. The van der Waals surface area contributed by atoms with Crippen LogP contribution in [0.25, 0.3) is 0 Å². The molecule has 0 aromatic heterocycles. The third-order valence-electron chi connectivity index (χ3n) is 4.92. The van der Waals surface area contributed by atoms with Crippen LogP contribution in [0.5, 0.6) is 0 Å². The highest BCUT2D eigenvalue weighted by atomic mass is 16.5. The van der Waals surface area contributed by atoms with E-state index < -0.39 is 0 Å². The summed E-state index contributed by atoms with van der Waals surface area (Å²) in [6.07, 6.45) is 5.61. The van der Waals surface area contributed by atoms with Gasteiger partial charge in [-0.2, -0.15) is 0 Å². The van der Waals surface area contributed by atoms with Crippen LogP contribution >= 0.6 is 0 Å². The summed E-state index contributed by atoms with van der Waals surface area (Å²) in [5.74, 6) is 1.60. The zero-order chi connectivity index (χ0) is 13.0. The van der Waals surface area contributed by atoms with Crippen LogP contribution < -0.4 is 5.32 Å². The van der Waals surface area contributed by atoms with Crippen LogP contribution in [0.2, 0.25) is 0 Å². The highest BCUT2D eigenvalue weighted by Gasteiger charge is 2.28. The minimum absolute atomic E-state index is 0.502. The zero-order valence-electron chi connectivity index (χ0n) is 12.3. The molecule has 1 N–H and O–H groups in total. The molecule has 106 valence electrons. The summed E-state index contributed by atoms with van der Waals surface area (Å²) in [4.78, 5) is 2.45. The number of hydrogen-bond donors (Lipinski definition) is 1. The molecule has 2 heterocycles. The quantitative estimate of drug-likeness (QED) is 0.813. The molecule has 0 aliphatic carbocycles. The van der Waals surface area contributed by atoms with Gasteiger partial charge in [-0.15, -0.1) is 0 Å². The van der Waals surface area contributed by atoms with Crippen LogP contribution in [0.4, 0.5) is 0 Å². The Morgan fingerprint density at radius 2 is 2.00 bits per heavy atom. The minimum atomic E-state index is 0.502. The molecule has 0 amide bonds. The van der Waals surface area contributed by atoms with Gasteiger partial charge in [0, 0.05) is 19.2 Å². The van der Waals surface area contributed by atoms with Gasteiger partial charge in [0.25, 0.3) is 0 Å². The van der Waals surface area contributed by atoms with Crippen molar-refractivity contribution in [2.45, 2.75) is 51.7 Å². The fraction of sp³-hybridized carbons (Fsp3) is 1.00. The highest BCUT2D eigenvalue weighted by molar-refractivity contribution is 4.82. The van der Waals surface area contributed by atoms with Gasteiger partial charge in [-0.3, -0.25) is 0 Å². The van der Waals surface area contributed by atoms with E-state index in [-0.39, 0.29) is 0 Å². The summed E-state index contributed by atoms with van der Waals surface area (Å²) < 4.78 is 5.76. The molecule has 3 atom stereocenters. The Balaban J connectivity index is 1.69. The van der Waals surface area contributed by atoms with Crippen molar-refractivity contribution in [3.63, 3.8) is 0 Å². The molecular weight excluding hydrogens is 224 g/mol. The maximum absolute atomic E-state index is 5.76. The van der Waals surface area contributed by atoms with Crippen LogP contribution in [0, 0.1) is 11.8 Å². The molecule has 2 saturated heterocycles. The van der Waals surface area contributed by atoms with E-state index in [0.29, 0.717) is 12.1 Å². The van der Waals surface area contributed by atoms with Gasteiger partial charge < -0.3 is 15.0 Å². The second-order valence-electron chi connectivity index (χ2n) is 6.20. The Bertz CT molecular complexity index is 239. The third kappa shape index (κ3) is 3.69. The number of hydrogen-bond acceptors (Lipinski definition) is 3. The lowest BCUT2D eigenvalue weighted by Crippen LogP contribution is -2.43. The van der Waals surface area contributed by atoms with Crippen molar-refractivity contribution in [2.24, 2.45) is 11.8 Å². The van der Waals surface area contributed by atoms with E-state index in [1.807, 2.05) is 0 Å². The van der Waals surface area contributed by atoms with Gasteiger partial charge in [-0.25, -0.2) is 0 Å². The van der Waals surface area contributed by atoms with Gasteiger partial charge in [-0.05, 0) is 64.6 Å². The highest BCUT2D eigenvalue weighted by Crippen LogP contribution is 2.24. The van der Waals surface area contributed by atoms with Crippen molar-refractivity contribution in [2.75, 3.05) is 33.3 Å². The van der Waals surface area contributed by atoms with Gasteiger partial charge in [0.15, 0.2) is 0 Å². The van der Waals surface area contributed by atoms with E-state index in [1.54, 1.807) is 0 Å². The molecule has 2 aliphatic rings. The average Bonchev–Trinajstić information content (AvgIpc) is 2.84. The number of ether oxygens (including phenoxy) is 1. The summed E-state index contributed by atoms with van der Waals surface area (Å²) in [6, 6.07) is 0.664. The van der Waals surface area contributed by atoms with Gasteiger partial charge in [0.1, 0.15) is 0 Å². The lowest BCUT2D eigenvalue weighted by molar-refractivity contribution is 0.0854. The molecule has 2 rings (SSSR count). The molecule has 2 fully saturated rings. The van der Waals surface area contributed by atoms with E-state index in [2.05, 4.69) is 31.1 Å². The van der Waals surface area contributed by atoms with E-state index in [4.69, 9.17) is 4.74 Å². The molecule has 0 aromatic carbocycles. The maximum atomic E-state index is 5.76. The summed E-state index contributed by atoms with van der Waals surface area (Å²) in [5.41, 5.74) is 0. The van der Waals surface area contributed by atoms with Crippen LogP contribution in [0.1, 0.15) is 39.5 Å². The van der Waals surface area contributed by atoms with Crippen molar-refractivity contribution >= 4 is 0 Å². The minimum Gasteiger partial charge on any atom is -0.378 e. The molecule has 0 saturated carbocycles. The van der Waals surface area contributed by atoms with Crippen LogP contribution in [0.15, 0.2) is 0 Å². The molecular formula is C15H30N2O. The second kappa shape index (κ2) is 6.88. The largest absolute Gasteiger partial charge is 0.378 e. The summed E-state index contributed by atoms with van der Waals surface area (Å²) in [5, 5.41) is 3.77. The Morgan fingerprint density at radius 3 is 2.67 bits per heavy atom. The molecule has 3 nitrogen and oxygen atoms in total. The summed E-state index contributed by atoms with van der Waals surface area (Å²) in [7, 11) is 2.23. The topological polar surface area (TPSA) is 24.5 Å². The molecule has 3 unspecified atom stereocenters. The molecule has 0 spiro atoms. The van der Waals surface area contributed by atoms with Crippen molar-refractivity contribution in [1.29, 1.82) is 0 Å². The SMILES string of the molecule is CCC1OCCC1CNC(C)C1CCN(C)CC1. The summed E-state index contributed by atoms with van der Waals surface area (Å²) in [6.45, 7) is 9.25. The smallest absolute Gasteiger partial charge is 0.0613 e. The van der Waals surface area contributed by atoms with E-state index in [1.165, 1.54) is 32.4 Å². The summed E-state index contributed by atoms with van der Waals surface area (Å²) >= 11 is 0. The number of rotatable bonds is 5. The number of nitrogens with zero attached hydrogens (tertiary/aromatic N) is 1. The van der Waals surface area contributed by atoms with Crippen molar-refractivity contribution in [3.8, 4) is 0 Å². The third-order valence-corrected chi connectivity index (χ3v) is 4.92. The first-order chi connectivity index (χ1) is 8.70. The predicted octanol–water partition coefficient (Wildman–Crippen LogP) is 2.12. The van der Waals surface area contributed by atoms with Crippen LogP contribution in [-0.4, -0.2) is 50.3 Å². The first-order valence-corrected chi connectivity index (χ1v) is 7.74. The Labute approximate surface area is 112 Å². The first kappa shape index (κ1) is 14.3. The molecule has 0 aromatic rings. The van der Waals surface area contributed by atoms with E-state index >= 15 is 0 Å². The Hall–Kier alpha value is -0.120.